The topological polar surface area (TPSA) is 174 Å². The van der Waals surface area contributed by atoms with Crippen LogP contribution in [0.5, 0.6) is 0 Å². The molecule has 0 aliphatic carbocycles. The Morgan fingerprint density at radius 2 is 0.562 bits per heavy atom. The van der Waals surface area contributed by atoms with Crippen molar-refractivity contribution in [1.82, 2.24) is 30.2 Å². The summed E-state index contributed by atoms with van der Waals surface area (Å²) in [7, 11) is 0. The summed E-state index contributed by atoms with van der Waals surface area (Å²) in [5, 5.41) is 10.7. The van der Waals surface area contributed by atoms with Gasteiger partial charge in [-0.1, -0.05) is 144 Å². The van der Waals surface area contributed by atoms with E-state index in [4.69, 9.17) is 0 Å². The van der Waals surface area contributed by atoms with E-state index in [-0.39, 0.29) is 55.9 Å². The zero-order valence-electron chi connectivity index (χ0n) is 43.3. The van der Waals surface area contributed by atoms with Gasteiger partial charge in [0.2, 0.25) is 0 Å². The van der Waals surface area contributed by atoms with E-state index in [0.29, 0.717) is 76.7 Å². The minimum absolute atomic E-state index is 0.162. The van der Waals surface area contributed by atoms with Gasteiger partial charge in [0, 0.05) is 33.0 Å². The van der Waals surface area contributed by atoms with Gasteiger partial charge in [0.05, 0.1) is 45.1 Å². The monoisotopic (exact) mass is 1050 g/mol. The summed E-state index contributed by atoms with van der Waals surface area (Å²) in [6.45, 7) is 6.79. The third-order valence-electron chi connectivity index (χ3n) is 16.6. The van der Waals surface area contributed by atoms with Crippen molar-refractivity contribution < 1.29 is 38.4 Å². The molecule has 6 aliphatic heterocycles. The molecule has 0 spiro atoms. The summed E-state index contributed by atoms with van der Waals surface area (Å²) in [5.41, 5.74) is 9.20. The second-order valence-corrected chi connectivity index (χ2v) is 21.3. The first-order valence-corrected chi connectivity index (χ1v) is 26.1. The third-order valence-corrected chi connectivity index (χ3v) is 16.6. The average Bonchev–Trinajstić information content (AvgIpc) is 4.20. The van der Waals surface area contributed by atoms with Crippen molar-refractivity contribution in [3.05, 3.63) is 235 Å². The van der Waals surface area contributed by atoms with Crippen molar-refractivity contribution in [2.24, 2.45) is 0 Å². The fourth-order valence-corrected chi connectivity index (χ4v) is 12.7. The molecule has 0 aromatic heterocycles. The molecule has 0 unspecified atom stereocenters. The van der Waals surface area contributed by atoms with E-state index in [9.17, 15) is 38.4 Å². The Hall–Kier alpha value is -10.6. The maximum Gasteiger partial charge on any atom is 0.262 e. The summed E-state index contributed by atoms with van der Waals surface area (Å²) >= 11 is 0. The van der Waals surface area contributed by atoms with Crippen molar-refractivity contribution >= 4 is 113 Å². The predicted molar refractivity (Wildman–Crippen MR) is 301 cm³/mol. The van der Waals surface area contributed by atoms with Gasteiger partial charge in [0.1, 0.15) is 13.3 Å². The van der Waals surface area contributed by atoms with Crippen LogP contribution in [-0.2, 0) is 19.2 Å². The number of carbonyl (C=O) groups excluding carboxylic acids is 8. The van der Waals surface area contributed by atoms with Crippen LogP contribution in [0.3, 0.4) is 0 Å². The lowest BCUT2D eigenvalue weighted by molar-refractivity contribution is -0.124. The second kappa shape index (κ2) is 16.5. The van der Waals surface area contributed by atoms with E-state index < -0.39 is 60.6 Å². The van der Waals surface area contributed by atoms with Crippen LogP contribution >= 0.6 is 0 Å². The Labute approximate surface area is 455 Å². The highest BCUT2D eigenvalue weighted by Crippen LogP contribution is 2.49. The summed E-state index contributed by atoms with van der Waals surface area (Å²) in [6.07, 6.45) is 0. The van der Waals surface area contributed by atoms with Crippen LogP contribution in [0.25, 0.3) is 65.9 Å². The van der Waals surface area contributed by atoms with Crippen LogP contribution in [0, 0.1) is 27.7 Å². The fraction of sp³-hybridized carbons (Fsp3) is 0.0909. The fourth-order valence-electron chi connectivity index (χ4n) is 12.7. The number of nitrogens with zero attached hydrogens (tertiary/aromatic N) is 4. The number of rotatable bonds is 8. The number of carbonyl (C=O) groups is 8. The number of nitrogens with one attached hydrogen (secondary N) is 2. The van der Waals surface area contributed by atoms with Crippen LogP contribution in [0.4, 0.5) is 0 Å². The van der Waals surface area contributed by atoms with E-state index in [0.717, 1.165) is 32.1 Å². The minimum atomic E-state index is -0.626. The van der Waals surface area contributed by atoms with Crippen molar-refractivity contribution in [1.29, 1.82) is 0 Å². The first kappa shape index (κ1) is 46.7. The average molecular weight is 1050 g/mol. The van der Waals surface area contributed by atoms with E-state index in [2.05, 4.69) is 10.6 Å². The van der Waals surface area contributed by atoms with Gasteiger partial charge >= 0.3 is 0 Å². The lowest BCUT2D eigenvalue weighted by atomic mass is 9.82. The largest absolute Gasteiger partial charge is 0.321 e. The van der Waals surface area contributed by atoms with Gasteiger partial charge in [-0.15, -0.1) is 0 Å². The molecule has 0 radical (unpaired) electrons. The summed E-state index contributed by atoms with van der Waals surface area (Å²) < 4.78 is 0. The van der Waals surface area contributed by atoms with E-state index in [1.54, 1.807) is 24.3 Å². The van der Waals surface area contributed by atoms with E-state index in [1.165, 1.54) is 9.80 Å². The molecule has 0 fully saturated rings. The molecular formula is C66H42N6O8. The van der Waals surface area contributed by atoms with Crippen LogP contribution in [0.2, 0.25) is 0 Å². The number of benzene rings is 9. The molecule has 8 amide bonds. The lowest BCUT2D eigenvalue weighted by Crippen LogP contribution is -2.47. The standard InChI is InChI=1S/C66H42N6O8/c1-31-5-13-35(14-6-31)55-51-53(59(73)67-55)57(37-17-9-33(3)10-18-37)69(65(51)79)29-71-61(75)43-25-21-39-41-23-27-45-50-46(28-24-42(48(41)50)40-22-26-44(62(71)76)49(43)47(39)40)64(78)72(63(45)77)30-70-58(38-19-11-34(4)12-20-38)54-52(66(70)80)56(68-60(54)74)36-15-7-32(2)8-16-36/h5-28H,29-30H2,1-4H3,(H,67,73)(H,68,74). The van der Waals surface area contributed by atoms with Crippen LogP contribution in [-0.4, -0.2) is 80.2 Å². The molecule has 14 nitrogen and oxygen atoms in total. The quantitative estimate of drug-likeness (QED) is 0.0860. The Morgan fingerprint density at radius 3 is 0.850 bits per heavy atom. The molecular weight excluding hydrogens is 1000 g/mol. The Morgan fingerprint density at radius 1 is 0.287 bits per heavy atom. The number of hydrogen-bond donors (Lipinski definition) is 2. The second-order valence-electron chi connectivity index (χ2n) is 21.3. The van der Waals surface area contributed by atoms with E-state index >= 15 is 0 Å². The molecule has 0 saturated heterocycles. The number of amides is 8. The maximum absolute atomic E-state index is 15.0. The van der Waals surface area contributed by atoms with Gasteiger partial charge in [-0.25, -0.2) is 0 Å². The zero-order chi connectivity index (χ0) is 54.9. The minimum Gasteiger partial charge on any atom is -0.321 e. The predicted octanol–water partition coefficient (Wildman–Crippen LogP) is 9.67. The molecule has 80 heavy (non-hydrogen) atoms. The van der Waals surface area contributed by atoms with Gasteiger partial charge in [-0.05, 0) is 107 Å². The molecule has 9 aromatic rings. The maximum atomic E-state index is 15.0. The Balaban J connectivity index is 0.804. The summed E-state index contributed by atoms with van der Waals surface area (Å²) in [5.74, 6) is -4.51. The molecule has 384 valence electrons. The van der Waals surface area contributed by atoms with Gasteiger partial charge < -0.3 is 10.6 Å². The van der Waals surface area contributed by atoms with Crippen LogP contribution in [0.15, 0.2) is 168 Å². The molecule has 14 heteroatoms. The number of hydrogen-bond acceptors (Lipinski definition) is 8. The molecule has 0 atom stereocenters. The number of fused-ring (bicyclic) bond motifs is 4. The molecule has 9 aromatic carbocycles. The first-order valence-electron chi connectivity index (χ1n) is 26.1. The zero-order valence-corrected chi connectivity index (χ0v) is 43.3. The first-order chi connectivity index (χ1) is 38.7. The highest BCUT2D eigenvalue weighted by molar-refractivity contribution is 6.42. The van der Waals surface area contributed by atoms with E-state index in [1.807, 2.05) is 149 Å². The molecule has 15 rings (SSSR count). The van der Waals surface area contributed by atoms with Crippen molar-refractivity contribution in [3.63, 3.8) is 0 Å². The molecule has 0 bridgehead atoms. The lowest BCUT2D eigenvalue weighted by Gasteiger charge is -2.33. The highest BCUT2D eigenvalue weighted by atomic mass is 16.2. The van der Waals surface area contributed by atoms with Crippen molar-refractivity contribution in [2.75, 3.05) is 13.3 Å². The highest BCUT2D eigenvalue weighted by Gasteiger charge is 2.50. The normalized spacial score (nSPS) is 16.9. The van der Waals surface area contributed by atoms with Gasteiger partial charge in [0.15, 0.2) is 0 Å². The molecule has 6 heterocycles. The number of imide groups is 2. The van der Waals surface area contributed by atoms with Gasteiger partial charge in [-0.3, -0.25) is 58.0 Å². The Bertz CT molecular complexity index is 4240. The summed E-state index contributed by atoms with van der Waals surface area (Å²) in [6, 6.07) is 43.5. The molecule has 6 aliphatic rings. The number of aryl methyl sites for hydroxylation is 4. The van der Waals surface area contributed by atoms with Gasteiger partial charge in [-0.2, -0.15) is 0 Å². The smallest absolute Gasteiger partial charge is 0.262 e. The van der Waals surface area contributed by atoms with Crippen molar-refractivity contribution in [2.45, 2.75) is 27.7 Å². The van der Waals surface area contributed by atoms with Gasteiger partial charge in [0.25, 0.3) is 47.3 Å². The third kappa shape index (κ3) is 6.29. The Kier molecular flexibility index (Phi) is 9.60. The van der Waals surface area contributed by atoms with Crippen LogP contribution < -0.4 is 10.6 Å². The molecule has 2 N–H and O–H groups in total. The van der Waals surface area contributed by atoms with Crippen molar-refractivity contribution in [3.8, 4) is 0 Å². The summed E-state index contributed by atoms with van der Waals surface area (Å²) in [4.78, 5) is 122. The SMILES string of the molecule is Cc1ccc(C2=C3C(=O)N(CN4C(=O)c5ccc6c7ccc8c9c(ccc(c%10ccc(c5c6%10)C4=O)c97)C(=O)N(CN4C(=O)C5=C(c6ccc(C)cc6)NC(=O)C5=C4c4ccc(C)cc4)C8=O)C(c4ccc(C)cc4)=C3C(=O)N2)cc1. The molecule has 0 saturated carbocycles. The van der Waals surface area contributed by atoms with Crippen LogP contribution in [0.1, 0.15) is 85.9 Å².